The zero-order chi connectivity index (χ0) is 16.2. The maximum atomic E-state index is 12.4. The highest BCUT2D eigenvalue weighted by molar-refractivity contribution is 7.89. The van der Waals surface area contributed by atoms with E-state index in [9.17, 15) is 13.2 Å². The van der Waals surface area contributed by atoms with Crippen molar-refractivity contribution in [1.29, 1.82) is 0 Å². The summed E-state index contributed by atoms with van der Waals surface area (Å²) in [4.78, 5) is 13.5. The smallest absolute Gasteiger partial charge is 0.224 e. The lowest BCUT2D eigenvalue weighted by molar-refractivity contribution is -0.126. The van der Waals surface area contributed by atoms with E-state index in [0.29, 0.717) is 19.5 Å². The van der Waals surface area contributed by atoms with Gasteiger partial charge in [-0.1, -0.05) is 13.0 Å². The molecule has 1 N–H and O–H groups in total. The van der Waals surface area contributed by atoms with Crippen molar-refractivity contribution in [3.05, 3.63) is 22.4 Å². The van der Waals surface area contributed by atoms with Crippen LogP contribution in [0.1, 0.15) is 44.0 Å². The number of carbonyl (C=O) groups excluding carboxylic acids is 1. The first-order valence-corrected chi connectivity index (χ1v) is 10.2. The van der Waals surface area contributed by atoms with Gasteiger partial charge >= 0.3 is 0 Å². The second-order valence-corrected chi connectivity index (χ2v) is 8.83. The molecule has 1 aliphatic rings. The van der Waals surface area contributed by atoms with Crippen molar-refractivity contribution in [3.63, 3.8) is 0 Å². The Balaban J connectivity index is 1.95. The summed E-state index contributed by atoms with van der Waals surface area (Å²) < 4.78 is 25.8. The number of nitrogens with one attached hydrogen (secondary N) is 1. The molecule has 1 fully saturated rings. The molecule has 0 aliphatic carbocycles. The lowest BCUT2D eigenvalue weighted by Gasteiger charge is -2.31. The summed E-state index contributed by atoms with van der Waals surface area (Å²) in [5, 5.41) is 4.99. The summed E-state index contributed by atoms with van der Waals surface area (Å²) in [6.07, 6.45) is 2.10. The molecule has 1 aromatic heterocycles. The predicted octanol–water partition coefficient (Wildman–Crippen LogP) is 2.38. The van der Waals surface area contributed by atoms with Crippen molar-refractivity contribution >= 4 is 27.3 Å². The Hall–Kier alpha value is -0.920. The molecular formula is C15H24N2O3S2. The number of hydrogen-bond donors (Lipinski definition) is 1. The fraction of sp³-hybridized carbons (Fsp3) is 0.667. The molecule has 0 aromatic carbocycles. The maximum absolute atomic E-state index is 12.4. The monoisotopic (exact) mass is 344 g/mol. The van der Waals surface area contributed by atoms with Gasteiger partial charge in [0, 0.05) is 18.0 Å². The van der Waals surface area contributed by atoms with Crippen molar-refractivity contribution in [2.45, 2.75) is 39.2 Å². The van der Waals surface area contributed by atoms with E-state index in [1.165, 1.54) is 4.31 Å². The second kappa shape index (κ2) is 7.57. The van der Waals surface area contributed by atoms with Gasteiger partial charge in [0.2, 0.25) is 15.9 Å². The number of piperidine rings is 1. The van der Waals surface area contributed by atoms with Gasteiger partial charge in [-0.15, -0.1) is 11.3 Å². The Labute approximate surface area is 136 Å². The molecule has 124 valence electrons. The zero-order valence-corrected chi connectivity index (χ0v) is 14.8. The first-order chi connectivity index (χ1) is 10.4. The van der Waals surface area contributed by atoms with E-state index >= 15 is 0 Å². The number of nitrogens with zero attached hydrogens (tertiary/aromatic N) is 1. The fourth-order valence-electron chi connectivity index (χ4n) is 2.74. The quantitative estimate of drug-likeness (QED) is 0.861. The van der Waals surface area contributed by atoms with E-state index in [1.807, 2.05) is 31.4 Å². The van der Waals surface area contributed by atoms with Crippen LogP contribution in [0.2, 0.25) is 0 Å². The predicted molar refractivity (Wildman–Crippen MR) is 89.3 cm³/mol. The van der Waals surface area contributed by atoms with Gasteiger partial charge < -0.3 is 5.32 Å². The number of rotatable bonds is 6. The molecule has 2 rings (SSSR count). The molecule has 1 aromatic rings. The van der Waals surface area contributed by atoms with Crippen molar-refractivity contribution in [2.75, 3.05) is 18.8 Å². The molecule has 1 saturated heterocycles. The molecule has 1 aliphatic heterocycles. The average Bonchev–Trinajstić information content (AvgIpc) is 3.01. The van der Waals surface area contributed by atoms with Gasteiger partial charge in [0.25, 0.3) is 0 Å². The Morgan fingerprint density at radius 2 is 2.32 bits per heavy atom. The molecule has 1 amide bonds. The van der Waals surface area contributed by atoms with E-state index in [0.717, 1.165) is 17.7 Å². The highest BCUT2D eigenvalue weighted by atomic mass is 32.2. The van der Waals surface area contributed by atoms with E-state index in [1.54, 1.807) is 11.3 Å². The van der Waals surface area contributed by atoms with Crippen LogP contribution in [0.3, 0.4) is 0 Å². The molecule has 0 spiro atoms. The number of amides is 1. The molecule has 0 unspecified atom stereocenters. The minimum Gasteiger partial charge on any atom is -0.348 e. The second-order valence-electron chi connectivity index (χ2n) is 5.76. The third-order valence-corrected chi connectivity index (χ3v) is 7.04. The summed E-state index contributed by atoms with van der Waals surface area (Å²) in [5.41, 5.74) is 0. The molecule has 0 bridgehead atoms. The lowest BCUT2D eigenvalue weighted by Crippen LogP contribution is -2.46. The van der Waals surface area contributed by atoms with Gasteiger partial charge in [0.1, 0.15) is 0 Å². The van der Waals surface area contributed by atoms with Crippen molar-refractivity contribution in [3.8, 4) is 0 Å². The molecular weight excluding hydrogens is 320 g/mol. The molecule has 7 heteroatoms. The van der Waals surface area contributed by atoms with Gasteiger partial charge in [-0.2, -0.15) is 0 Å². The van der Waals surface area contributed by atoms with Crippen molar-refractivity contribution in [1.82, 2.24) is 9.62 Å². The normalized spacial score (nSPS) is 21.5. The van der Waals surface area contributed by atoms with E-state index in [4.69, 9.17) is 0 Å². The topological polar surface area (TPSA) is 66.5 Å². The van der Waals surface area contributed by atoms with Crippen LogP contribution in [0.25, 0.3) is 0 Å². The number of thiophene rings is 1. The summed E-state index contributed by atoms with van der Waals surface area (Å²) in [6.45, 7) is 4.66. The SMILES string of the molecule is CCCS(=O)(=O)N1CCC[C@H](C(=O)N[C@H](C)c2cccs2)C1. The fourth-order valence-corrected chi connectivity index (χ4v) is 5.06. The van der Waals surface area contributed by atoms with Crippen LogP contribution >= 0.6 is 11.3 Å². The van der Waals surface area contributed by atoms with E-state index < -0.39 is 10.0 Å². The molecule has 22 heavy (non-hydrogen) atoms. The molecule has 2 atom stereocenters. The summed E-state index contributed by atoms with van der Waals surface area (Å²) >= 11 is 1.61. The summed E-state index contributed by atoms with van der Waals surface area (Å²) in [5.74, 6) is -0.132. The summed E-state index contributed by atoms with van der Waals surface area (Å²) in [6, 6.07) is 3.92. The summed E-state index contributed by atoms with van der Waals surface area (Å²) in [7, 11) is -3.22. The van der Waals surface area contributed by atoms with Crippen LogP contribution in [-0.2, 0) is 14.8 Å². The molecule has 5 nitrogen and oxygen atoms in total. The highest BCUT2D eigenvalue weighted by Crippen LogP contribution is 2.23. The van der Waals surface area contributed by atoms with Crippen LogP contribution in [-0.4, -0.2) is 37.5 Å². The lowest BCUT2D eigenvalue weighted by atomic mass is 9.98. The van der Waals surface area contributed by atoms with Crippen LogP contribution in [0.4, 0.5) is 0 Å². The van der Waals surface area contributed by atoms with Crippen LogP contribution < -0.4 is 5.32 Å². The van der Waals surface area contributed by atoms with Gasteiger partial charge in [0.05, 0.1) is 17.7 Å². The van der Waals surface area contributed by atoms with Gasteiger partial charge in [0.15, 0.2) is 0 Å². The Morgan fingerprint density at radius 1 is 1.55 bits per heavy atom. The minimum absolute atomic E-state index is 0.0323. The molecule has 2 heterocycles. The Morgan fingerprint density at radius 3 is 2.95 bits per heavy atom. The minimum atomic E-state index is -3.22. The standard InChI is InChI=1S/C15H24N2O3S2/c1-3-10-22(19,20)17-8-4-6-13(11-17)15(18)16-12(2)14-7-5-9-21-14/h5,7,9,12-13H,3-4,6,8,10-11H2,1-2H3,(H,16,18)/t12-,13+/m1/s1. The largest absolute Gasteiger partial charge is 0.348 e. The van der Waals surface area contributed by atoms with E-state index in [-0.39, 0.29) is 23.6 Å². The van der Waals surface area contributed by atoms with Crippen LogP contribution in [0.5, 0.6) is 0 Å². The Bertz CT molecular complexity index is 584. The zero-order valence-electron chi connectivity index (χ0n) is 13.1. The number of hydrogen-bond acceptors (Lipinski definition) is 4. The Kier molecular flexibility index (Phi) is 6.00. The highest BCUT2D eigenvalue weighted by Gasteiger charge is 2.32. The first kappa shape index (κ1) is 17.4. The first-order valence-electron chi connectivity index (χ1n) is 7.75. The number of carbonyl (C=O) groups is 1. The van der Waals surface area contributed by atoms with E-state index in [2.05, 4.69) is 5.32 Å². The van der Waals surface area contributed by atoms with Gasteiger partial charge in [-0.3, -0.25) is 4.79 Å². The van der Waals surface area contributed by atoms with Crippen molar-refractivity contribution in [2.24, 2.45) is 5.92 Å². The third kappa shape index (κ3) is 4.30. The number of sulfonamides is 1. The van der Waals surface area contributed by atoms with Crippen molar-refractivity contribution < 1.29 is 13.2 Å². The van der Waals surface area contributed by atoms with Crippen LogP contribution in [0, 0.1) is 5.92 Å². The molecule has 0 radical (unpaired) electrons. The maximum Gasteiger partial charge on any atom is 0.224 e. The molecule has 0 saturated carbocycles. The third-order valence-electron chi connectivity index (χ3n) is 3.94. The van der Waals surface area contributed by atoms with Crippen LogP contribution in [0.15, 0.2) is 17.5 Å². The van der Waals surface area contributed by atoms with Gasteiger partial charge in [-0.25, -0.2) is 12.7 Å². The average molecular weight is 345 g/mol. The van der Waals surface area contributed by atoms with Gasteiger partial charge in [-0.05, 0) is 37.6 Å².